The highest BCUT2D eigenvalue weighted by Crippen LogP contribution is 2.13. The fraction of sp³-hybridized carbons (Fsp3) is 0.286. The number of nitrogens with two attached hydrogens (primary N) is 1. The SMILES string of the molecule is NCc1ccc(S(=O)(=O)CCOCc2cccs2)cc1. The molecule has 0 unspecified atom stereocenters. The highest BCUT2D eigenvalue weighted by atomic mass is 32.2. The van der Waals surface area contributed by atoms with Gasteiger partial charge in [-0.15, -0.1) is 11.3 Å². The minimum absolute atomic E-state index is 0.0135. The molecule has 0 saturated carbocycles. The Balaban J connectivity index is 1.86. The number of benzene rings is 1. The smallest absolute Gasteiger partial charge is 0.180 e. The van der Waals surface area contributed by atoms with Crippen molar-refractivity contribution < 1.29 is 13.2 Å². The summed E-state index contributed by atoms with van der Waals surface area (Å²) in [6.07, 6.45) is 0. The van der Waals surface area contributed by atoms with E-state index in [1.807, 2.05) is 17.5 Å². The van der Waals surface area contributed by atoms with Crippen LogP contribution >= 0.6 is 11.3 Å². The van der Waals surface area contributed by atoms with Gasteiger partial charge in [0.2, 0.25) is 0 Å². The topological polar surface area (TPSA) is 69.4 Å². The summed E-state index contributed by atoms with van der Waals surface area (Å²) in [4.78, 5) is 1.41. The highest BCUT2D eigenvalue weighted by Gasteiger charge is 2.14. The Morgan fingerprint density at radius 1 is 1.15 bits per heavy atom. The second-order valence-corrected chi connectivity index (χ2v) is 7.44. The largest absolute Gasteiger partial charge is 0.375 e. The average Bonchev–Trinajstić information content (AvgIpc) is 2.97. The van der Waals surface area contributed by atoms with Gasteiger partial charge in [0.05, 0.1) is 23.9 Å². The van der Waals surface area contributed by atoms with E-state index in [9.17, 15) is 8.42 Å². The van der Waals surface area contributed by atoms with Crippen molar-refractivity contribution in [3.63, 3.8) is 0 Å². The predicted molar refractivity (Wildman–Crippen MR) is 80.4 cm³/mol. The van der Waals surface area contributed by atoms with Crippen LogP contribution in [-0.2, 0) is 27.7 Å². The van der Waals surface area contributed by atoms with Crippen molar-refractivity contribution >= 4 is 21.2 Å². The maximum absolute atomic E-state index is 12.1. The molecule has 0 aliphatic carbocycles. The minimum Gasteiger partial charge on any atom is -0.375 e. The van der Waals surface area contributed by atoms with E-state index in [1.54, 1.807) is 35.6 Å². The quantitative estimate of drug-likeness (QED) is 0.796. The summed E-state index contributed by atoms with van der Waals surface area (Å²) in [5.74, 6) is -0.0135. The molecular formula is C14H17NO3S2. The zero-order chi connectivity index (χ0) is 14.4. The lowest BCUT2D eigenvalue weighted by molar-refractivity contribution is 0.137. The molecule has 0 spiro atoms. The van der Waals surface area contributed by atoms with E-state index < -0.39 is 9.84 Å². The molecule has 1 heterocycles. The van der Waals surface area contributed by atoms with Gasteiger partial charge in [0.25, 0.3) is 0 Å². The zero-order valence-electron chi connectivity index (χ0n) is 11.0. The Kier molecular flexibility index (Phi) is 5.31. The van der Waals surface area contributed by atoms with Gasteiger partial charge in [-0.2, -0.15) is 0 Å². The molecule has 0 radical (unpaired) electrons. The number of hydrogen-bond acceptors (Lipinski definition) is 5. The highest BCUT2D eigenvalue weighted by molar-refractivity contribution is 7.91. The average molecular weight is 311 g/mol. The van der Waals surface area contributed by atoms with Crippen LogP contribution in [0.5, 0.6) is 0 Å². The van der Waals surface area contributed by atoms with Crippen LogP contribution < -0.4 is 5.73 Å². The summed E-state index contributed by atoms with van der Waals surface area (Å²) in [7, 11) is -3.29. The maximum Gasteiger partial charge on any atom is 0.180 e. The van der Waals surface area contributed by atoms with Crippen molar-refractivity contribution in [2.45, 2.75) is 18.0 Å². The lowest BCUT2D eigenvalue weighted by atomic mass is 10.2. The molecule has 108 valence electrons. The Morgan fingerprint density at radius 3 is 2.50 bits per heavy atom. The van der Waals surface area contributed by atoms with Crippen LogP contribution in [0.4, 0.5) is 0 Å². The molecule has 0 bridgehead atoms. The zero-order valence-corrected chi connectivity index (χ0v) is 12.6. The molecule has 1 aromatic heterocycles. The number of rotatable bonds is 7. The Morgan fingerprint density at radius 2 is 1.90 bits per heavy atom. The molecule has 6 heteroatoms. The Bertz CT molecular complexity index is 619. The van der Waals surface area contributed by atoms with Gasteiger partial charge in [-0.3, -0.25) is 0 Å². The van der Waals surface area contributed by atoms with Gasteiger partial charge in [0, 0.05) is 11.4 Å². The van der Waals surface area contributed by atoms with E-state index in [0.717, 1.165) is 10.4 Å². The number of ether oxygens (including phenoxy) is 1. The number of hydrogen-bond donors (Lipinski definition) is 1. The van der Waals surface area contributed by atoms with Crippen molar-refractivity contribution in [2.24, 2.45) is 5.73 Å². The van der Waals surface area contributed by atoms with Crippen molar-refractivity contribution in [1.29, 1.82) is 0 Å². The number of thiophene rings is 1. The van der Waals surface area contributed by atoms with Crippen LogP contribution in [-0.4, -0.2) is 20.8 Å². The van der Waals surface area contributed by atoms with E-state index in [1.165, 1.54) is 0 Å². The van der Waals surface area contributed by atoms with Crippen molar-refractivity contribution in [3.05, 3.63) is 52.2 Å². The fourth-order valence-electron chi connectivity index (χ4n) is 1.69. The summed E-state index contributed by atoms with van der Waals surface area (Å²) in [6.45, 7) is 1.06. The standard InChI is InChI=1S/C14H17NO3S2/c15-10-12-3-5-14(6-4-12)20(16,17)9-7-18-11-13-2-1-8-19-13/h1-6,8H,7,9-11,15H2. The summed E-state index contributed by atoms with van der Waals surface area (Å²) in [5, 5.41) is 1.97. The van der Waals surface area contributed by atoms with Gasteiger partial charge in [-0.05, 0) is 29.1 Å². The molecule has 20 heavy (non-hydrogen) atoms. The lowest BCUT2D eigenvalue weighted by Crippen LogP contribution is -2.12. The van der Waals surface area contributed by atoms with Crippen LogP contribution in [0.1, 0.15) is 10.4 Å². The molecule has 0 saturated heterocycles. The maximum atomic E-state index is 12.1. The normalized spacial score (nSPS) is 11.7. The molecular weight excluding hydrogens is 294 g/mol. The molecule has 0 atom stereocenters. The Hall–Kier alpha value is -1.21. The molecule has 0 aliphatic heterocycles. The molecule has 0 amide bonds. The van der Waals surface area contributed by atoms with Crippen LogP contribution in [0.2, 0.25) is 0 Å². The monoisotopic (exact) mass is 311 g/mol. The predicted octanol–water partition coefficient (Wildman–Crippen LogP) is 2.20. The van der Waals surface area contributed by atoms with Crippen LogP contribution in [0.3, 0.4) is 0 Å². The third-order valence-corrected chi connectivity index (χ3v) is 5.38. The van der Waals surface area contributed by atoms with Gasteiger partial charge < -0.3 is 10.5 Å². The van der Waals surface area contributed by atoms with Crippen LogP contribution in [0.25, 0.3) is 0 Å². The second-order valence-electron chi connectivity index (χ2n) is 4.30. The Labute approximate surface area is 123 Å². The number of sulfone groups is 1. The lowest BCUT2D eigenvalue weighted by Gasteiger charge is -2.06. The van der Waals surface area contributed by atoms with E-state index in [-0.39, 0.29) is 12.4 Å². The summed E-state index contributed by atoms with van der Waals surface area (Å²) in [6, 6.07) is 10.6. The molecule has 1 aromatic carbocycles. The van der Waals surface area contributed by atoms with Crippen molar-refractivity contribution in [3.8, 4) is 0 Å². The third-order valence-electron chi connectivity index (χ3n) is 2.84. The first-order chi connectivity index (χ1) is 9.62. The van der Waals surface area contributed by atoms with Crippen LogP contribution in [0.15, 0.2) is 46.7 Å². The molecule has 2 N–H and O–H groups in total. The molecule has 4 nitrogen and oxygen atoms in total. The fourth-order valence-corrected chi connectivity index (χ4v) is 3.45. The van der Waals surface area contributed by atoms with Crippen molar-refractivity contribution in [1.82, 2.24) is 0 Å². The third kappa shape index (κ3) is 4.14. The van der Waals surface area contributed by atoms with E-state index in [0.29, 0.717) is 18.0 Å². The van der Waals surface area contributed by atoms with Gasteiger partial charge in [-0.25, -0.2) is 8.42 Å². The first kappa shape index (κ1) is 15.2. The van der Waals surface area contributed by atoms with E-state index in [2.05, 4.69) is 0 Å². The minimum atomic E-state index is -3.29. The van der Waals surface area contributed by atoms with E-state index >= 15 is 0 Å². The van der Waals surface area contributed by atoms with Crippen LogP contribution in [0, 0.1) is 0 Å². The summed E-state index contributed by atoms with van der Waals surface area (Å²) >= 11 is 1.60. The van der Waals surface area contributed by atoms with Gasteiger partial charge in [-0.1, -0.05) is 18.2 Å². The molecule has 2 rings (SSSR count). The van der Waals surface area contributed by atoms with Gasteiger partial charge in [0.15, 0.2) is 9.84 Å². The van der Waals surface area contributed by atoms with Crippen molar-refractivity contribution in [2.75, 3.05) is 12.4 Å². The van der Waals surface area contributed by atoms with E-state index in [4.69, 9.17) is 10.5 Å². The summed E-state index contributed by atoms with van der Waals surface area (Å²) in [5.41, 5.74) is 6.40. The molecule has 0 fully saturated rings. The molecule has 0 aliphatic rings. The van der Waals surface area contributed by atoms with Gasteiger partial charge >= 0.3 is 0 Å². The summed E-state index contributed by atoms with van der Waals surface area (Å²) < 4.78 is 29.6. The first-order valence-corrected chi connectivity index (χ1v) is 8.77. The first-order valence-electron chi connectivity index (χ1n) is 6.24. The molecule has 2 aromatic rings. The van der Waals surface area contributed by atoms with Gasteiger partial charge in [0.1, 0.15) is 0 Å². The second kappa shape index (κ2) is 6.99.